The van der Waals surface area contributed by atoms with Crippen LogP contribution in [-0.4, -0.2) is 82.2 Å². The van der Waals surface area contributed by atoms with Gasteiger partial charge in [0.25, 0.3) is 0 Å². The molecule has 0 aliphatic carbocycles. The molecular weight excluding hydrogens is 416 g/mol. The molecule has 0 aromatic carbocycles. The number of rotatable bonds is 11. The maximum Gasteiger partial charge on any atom is 0.326 e. The number of likely N-dealkylation sites (tertiary alicyclic amines) is 1. The van der Waals surface area contributed by atoms with Crippen LogP contribution in [0.1, 0.15) is 33.1 Å². The highest BCUT2D eigenvalue weighted by Gasteiger charge is 2.38. The zero-order valence-electron chi connectivity index (χ0n) is 17.1. The maximum absolute atomic E-state index is 12.8. The fraction of sp³-hybridized carbons (Fsp3) is 0.778. The number of amides is 3. The van der Waals surface area contributed by atoms with E-state index in [-0.39, 0.29) is 11.7 Å². The number of nitrogens with zero attached hydrogens (tertiary/aromatic N) is 1. The second-order valence-electron chi connectivity index (χ2n) is 7.39. The van der Waals surface area contributed by atoms with Gasteiger partial charge in [0.1, 0.15) is 18.1 Å². The quantitative estimate of drug-likeness (QED) is 0.273. The number of hydrogen-bond acceptors (Lipinski definition) is 7. The molecule has 11 heteroatoms. The molecule has 1 aliphatic rings. The standard InChI is InChI=1S/C18H32N4O5S2/c1-10(2)14(21-15(23)11(19)6-8-29-3)16(24)20-12(9-28)17(25)22-7-4-5-13(22)18(26)27/h10-14,28H,4-9,19H2,1-3H3,(H,20,24)(H,21,23)(H,26,27). The van der Waals surface area contributed by atoms with Crippen LogP contribution in [0.2, 0.25) is 0 Å². The third kappa shape index (κ3) is 7.38. The molecule has 1 aliphatic heterocycles. The van der Waals surface area contributed by atoms with Gasteiger partial charge < -0.3 is 26.4 Å². The van der Waals surface area contributed by atoms with Crippen LogP contribution >= 0.6 is 24.4 Å². The fourth-order valence-electron chi connectivity index (χ4n) is 3.11. The predicted molar refractivity (Wildman–Crippen MR) is 116 cm³/mol. The van der Waals surface area contributed by atoms with E-state index in [0.29, 0.717) is 25.8 Å². The summed E-state index contributed by atoms with van der Waals surface area (Å²) < 4.78 is 0. The van der Waals surface area contributed by atoms with Crippen LogP contribution in [0.15, 0.2) is 0 Å². The lowest BCUT2D eigenvalue weighted by molar-refractivity contribution is -0.149. The van der Waals surface area contributed by atoms with Gasteiger partial charge in [-0.15, -0.1) is 0 Å². The Kier molecular flexibility index (Phi) is 10.8. The molecule has 0 spiro atoms. The van der Waals surface area contributed by atoms with E-state index in [2.05, 4.69) is 23.3 Å². The minimum atomic E-state index is -1.06. The number of nitrogens with two attached hydrogens (primary N) is 1. The molecule has 0 aromatic rings. The fourth-order valence-corrected chi connectivity index (χ4v) is 3.84. The van der Waals surface area contributed by atoms with E-state index in [9.17, 15) is 24.3 Å². The van der Waals surface area contributed by atoms with Crippen molar-refractivity contribution in [2.24, 2.45) is 11.7 Å². The Hall–Kier alpha value is -1.46. The van der Waals surface area contributed by atoms with E-state index in [1.54, 1.807) is 25.6 Å². The lowest BCUT2D eigenvalue weighted by atomic mass is 10.0. The van der Waals surface area contributed by atoms with Gasteiger partial charge in [-0.2, -0.15) is 24.4 Å². The Labute approximate surface area is 181 Å². The summed E-state index contributed by atoms with van der Waals surface area (Å²) in [6.07, 6.45) is 3.38. The van der Waals surface area contributed by atoms with Crippen LogP contribution in [-0.2, 0) is 19.2 Å². The molecule has 0 radical (unpaired) electrons. The zero-order valence-corrected chi connectivity index (χ0v) is 18.8. The van der Waals surface area contributed by atoms with E-state index in [1.807, 2.05) is 6.26 Å². The van der Waals surface area contributed by atoms with Crippen LogP contribution < -0.4 is 16.4 Å². The SMILES string of the molecule is CSCCC(N)C(=O)NC(C(=O)NC(CS)C(=O)N1CCCC1C(=O)O)C(C)C. The highest BCUT2D eigenvalue weighted by Crippen LogP contribution is 2.19. The van der Waals surface area contributed by atoms with Crippen LogP contribution in [0, 0.1) is 5.92 Å². The molecule has 3 amide bonds. The Bertz CT molecular complexity index is 605. The number of thiol groups is 1. The Morgan fingerprint density at radius 3 is 2.41 bits per heavy atom. The Morgan fingerprint density at radius 2 is 1.90 bits per heavy atom. The van der Waals surface area contributed by atoms with Crippen LogP contribution in [0.4, 0.5) is 0 Å². The summed E-state index contributed by atoms with van der Waals surface area (Å²) in [5, 5.41) is 14.6. The van der Waals surface area contributed by atoms with Gasteiger partial charge in [-0.25, -0.2) is 4.79 Å². The number of carboxylic acid groups (broad SMARTS) is 1. The maximum atomic E-state index is 12.8. The molecule has 1 heterocycles. The molecule has 4 unspecified atom stereocenters. The monoisotopic (exact) mass is 448 g/mol. The van der Waals surface area contributed by atoms with Gasteiger partial charge in [0.2, 0.25) is 17.7 Å². The summed E-state index contributed by atoms with van der Waals surface area (Å²) in [6, 6.07) is -3.46. The van der Waals surface area contributed by atoms with Crippen LogP contribution in [0.3, 0.4) is 0 Å². The molecule has 4 atom stereocenters. The summed E-state index contributed by atoms with van der Waals surface area (Å²) in [6.45, 7) is 3.87. The molecule has 1 rings (SSSR count). The van der Waals surface area contributed by atoms with Gasteiger partial charge >= 0.3 is 5.97 Å². The Balaban J connectivity index is 2.80. The van der Waals surface area contributed by atoms with Crippen molar-refractivity contribution in [1.82, 2.24) is 15.5 Å². The van der Waals surface area contributed by atoms with Gasteiger partial charge in [-0.1, -0.05) is 13.8 Å². The zero-order chi connectivity index (χ0) is 22.1. The van der Waals surface area contributed by atoms with Crippen molar-refractivity contribution in [3.63, 3.8) is 0 Å². The van der Waals surface area contributed by atoms with Crippen molar-refractivity contribution in [3.8, 4) is 0 Å². The minimum Gasteiger partial charge on any atom is -0.480 e. The number of aliphatic carboxylic acids is 1. The molecule has 29 heavy (non-hydrogen) atoms. The van der Waals surface area contributed by atoms with Crippen LogP contribution in [0.5, 0.6) is 0 Å². The number of thioether (sulfide) groups is 1. The Morgan fingerprint density at radius 1 is 1.24 bits per heavy atom. The average molecular weight is 449 g/mol. The molecule has 0 saturated carbocycles. The van der Waals surface area contributed by atoms with Gasteiger partial charge in [-0.05, 0) is 37.2 Å². The van der Waals surface area contributed by atoms with E-state index in [0.717, 1.165) is 5.75 Å². The van der Waals surface area contributed by atoms with Crippen molar-refractivity contribution in [1.29, 1.82) is 0 Å². The van der Waals surface area contributed by atoms with E-state index in [1.165, 1.54) is 4.90 Å². The first-order chi connectivity index (χ1) is 13.6. The normalized spacial score (nSPS) is 19.5. The van der Waals surface area contributed by atoms with Crippen molar-refractivity contribution in [2.75, 3.05) is 24.3 Å². The first kappa shape index (κ1) is 25.6. The lowest BCUT2D eigenvalue weighted by Gasteiger charge is -2.29. The second kappa shape index (κ2) is 12.3. The number of carbonyl (C=O) groups excluding carboxylic acids is 3. The minimum absolute atomic E-state index is 0.0133. The van der Waals surface area contributed by atoms with Gasteiger partial charge in [0, 0.05) is 12.3 Å². The lowest BCUT2D eigenvalue weighted by Crippen LogP contribution is -2.59. The third-order valence-corrected chi connectivity index (χ3v) is 5.84. The van der Waals surface area contributed by atoms with Crippen molar-refractivity contribution in [3.05, 3.63) is 0 Å². The predicted octanol–water partition coefficient (Wildman–Crippen LogP) is -0.302. The highest BCUT2D eigenvalue weighted by molar-refractivity contribution is 7.98. The van der Waals surface area contributed by atoms with E-state index >= 15 is 0 Å². The smallest absolute Gasteiger partial charge is 0.326 e. The first-order valence-electron chi connectivity index (χ1n) is 9.63. The molecule has 1 saturated heterocycles. The van der Waals surface area contributed by atoms with E-state index < -0.39 is 47.9 Å². The first-order valence-corrected chi connectivity index (χ1v) is 11.7. The molecule has 1 fully saturated rings. The number of carbonyl (C=O) groups is 4. The summed E-state index contributed by atoms with van der Waals surface area (Å²) in [7, 11) is 0. The molecule has 5 N–H and O–H groups in total. The highest BCUT2D eigenvalue weighted by atomic mass is 32.2. The molecular formula is C18H32N4O5S2. The second-order valence-corrected chi connectivity index (χ2v) is 8.74. The number of nitrogens with one attached hydrogen (secondary N) is 2. The van der Waals surface area contributed by atoms with Gasteiger partial charge in [-0.3, -0.25) is 14.4 Å². The summed E-state index contributed by atoms with van der Waals surface area (Å²) in [5.41, 5.74) is 5.87. The van der Waals surface area contributed by atoms with Crippen molar-refractivity contribution < 1.29 is 24.3 Å². The van der Waals surface area contributed by atoms with Gasteiger partial charge in [0.05, 0.1) is 6.04 Å². The molecule has 9 nitrogen and oxygen atoms in total. The number of carboxylic acids is 1. The summed E-state index contributed by atoms with van der Waals surface area (Å²) in [5.74, 6) is -1.99. The van der Waals surface area contributed by atoms with E-state index in [4.69, 9.17) is 5.73 Å². The molecule has 0 aromatic heterocycles. The largest absolute Gasteiger partial charge is 0.480 e. The molecule has 0 bridgehead atoms. The summed E-state index contributed by atoms with van der Waals surface area (Å²) >= 11 is 5.72. The van der Waals surface area contributed by atoms with Crippen LogP contribution in [0.25, 0.3) is 0 Å². The number of hydrogen-bond donors (Lipinski definition) is 5. The van der Waals surface area contributed by atoms with Crippen molar-refractivity contribution in [2.45, 2.75) is 57.3 Å². The third-order valence-electron chi connectivity index (χ3n) is 4.83. The molecule has 166 valence electrons. The average Bonchev–Trinajstić information content (AvgIpc) is 3.17. The van der Waals surface area contributed by atoms with Crippen molar-refractivity contribution >= 4 is 48.1 Å². The topological polar surface area (TPSA) is 142 Å². The van der Waals surface area contributed by atoms with Gasteiger partial charge in [0.15, 0.2) is 0 Å². The summed E-state index contributed by atoms with van der Waals surface area (Å²) in [4.78, 5) is 50.4.